The van der Waals surface area contributed by atoms with Gasteiger partial charge in [0.15, 0.2) is 0 Å². The molecular weight excluding hydrogens is 482 g/mol. The fraction of sp³-hybridized carbons (Fsp3) is 0.548. The van der Waals surface area contributed by atoms with Crippen molar-refractivity contribution in [3.8, 4) is 0 Å². The fourth-order valence-electron chi connectivity index (χ4n) is 5.57. The molecule has 0 saturated carbocycles. The van der Waals surface area contributed by atoms with E-state index in [1.165, 1.54) is 30.4 Å². The number of carbonyl (C=O) groups is 2. The summed E-state index contributed by atoms with van der Waals surface area (Å²) < 4.78 is 0. The number of benzene rings is 2. The highest BCUT2D eigenvalue weighted by Gasteiger charge is 2.35. The van der Waals surface area contributed by atoms with Gasteiger partial charge in [-0.1, -0.05) is 63.2 Å². The van der Waals surface area contributed by atoms with Gasteiger partial charge in [-0.15, -0.1) is 12.4 Å². The first kappa shape index (κ1) is 29.2. The van der Waals surface area contributed by atoms with Crippen molar-refractivity contribution < 1.29 is 9.59 Å². The molecule has 2 fully saturated rings. The lowest BCUT2D eigenvalue weighted by Crippen LogP contribution is -2.40. The Kier molecular flexibility index (Phi) is 10.2. The zero-order valence-corrected chi connectivity index (χ0v) is 23.8. The first-order chi connectivity index (χ1) is 17.2. The lowest BCUT2D eigenvalue weighted by Gasteiger charge is -2.33. The third-order valence-electron chi connectivity index (χ3n) is 7.93. The molecule has 0 bridgehead atoms. The minimum atomic E-state index is -0.251. The predicted molar refractivity (Wildman–Crippen MR) is 154 cm³/mol. The largest absolute Gasteiger partial charge is 0.345 e. The molecule has 1 atom stereocenters. The summed E-state index contributed by atoms with van der Waals surface area (Å²) in [5.74, 6) is 0.658. The van der Waals surface area contributed by atoms with E-state index in [2.05, 4.69) is 80.3 Å². The number of hydrogen-bond acceptors (Lipinski definition) is 3. The molecular formula is C31H44ClN3O2. The SMILES string of the molecule is CN1CC(C(=O)N(CCCN2CCC(Cc3ccccc3)CC2)c2ccc(C(C)(C)C)cc2)CC1=O.Cl. The summed E-state index contributed by atoms with van der Waals surface area (Å²) in [4.78, 5) is 31.8. The third-order valence-corrected chi connectivity index (χ3v) is 7.93. The molecule has 4 rings (SSSR count). The van der Waals surface area contributed by atoms with Gasteiger partial charge < -0.3 is 14.7 Å². The molecule has 2 saturated heterocycles. The molecule has 1 unspecified atom stereocenters. The van der Waals surface area contributed by atoms with Crippen LogP contribution >= 0.6 is 12.4 Å². The summed E-state index contributed by atoms with van der Waals surface area (Å²) in [6, 6.07) is 19.3. The predicted octanol–water partition coefficient (Wildman–Crippen LogP) is 5.56. The molecule has 0 spiro atoms. The Bertz CT molecular complexity index is 1010. The number of carbonyl (C=O) groups excluding carboxylic acids is 2. The van der Waals surface area contributed by atoms with Gasteiger partial charge in [0.1, 0.15) is 0 Å². The maximum Gasteiger partial charge on any atom is 0.232 e. The van der Waals surface area contributed by atoms with E-state index in [1.807, 2.05) is 4.90 Å². The van der Waals surface area contributed by atoms with E-state index in [1.54, 1.807) is 11.9 Å². The van der Waals surface area contributed by atoms with Crippen LogP contribution in [0.25, 0.3) is 0 Å². The highest BCUT2D eigenvalue weighted by molar-refractivity contribution is 5.99. The van der Waals surface area contributed by atoms with Crippen molar-refractivity contribution in [3.05, 3.63) is 65.7 Å². The monoisotopic (exact) mass is 525 g/mol. The molecule has 0 N–H and O–H groups in total. The number of anilines is 1. The van der Waals surface area contributed by atoms with E-state index in [0.29, 0.717) is 19.5 Å². The van der Waals surface area contributed by atoms with Gasteiger partial charge >= 0.3 is 0 Å². The first-order valence-corrected chi connectivity index (χ1v) is 13.6. The molecule has 2 aromatic rings. The molecule has 0 aliphatic carbocycles. The summed E-state index contributed by atoms with van der Waals surface area (Å²) in [6.45, 7) is 11.1. The number of piperidine rings is 1. The molecule has 0 aromatic heterocycles. The highest BCUT2D eigenvalue weighted by atomic mass is 35.5. The zero-order valence-electron chi connectivity index (χ0n) is 23.0. The number of amides is 2. The standard InChI is InChI=1S/C31H43N3O2.ClH/c1-31(2,3)27-11-13-28(14-12-27)34(30(36)26-22-29(35)32(4)23-26)18-8-17-33-19-15-25(16-20-33)21-24-9-6-5-7-10-24;/h5-7,9-14,25-26H,8,15-23H2,1-4H3;1H. The molecule has 0 radical (unpaired) electrons. The fourth-order valence-corrected chi connectivity index (χ4v) is 5.57. The smallest absolute Gasteiger partial charge is 0.232 e. The lowest BCUT2D eigenvalue weighted by atomic mass is 9.87. The molecule has 2 heterocycles. The van der Waals surface area contributed by atoms with Crippen molar-refractivity contribution in [1.29, 1.82) is 0 Å². The van der Waals surface area contributed by atoms with Gasteiger partial charge in [0, 0.05) is 32.2 Å². The van der Waals surface area contributed by atoms with Crippen molar-refractivity contribution in [2.24, 2.45) is 11.8 Å². The summed E-state index contributed by atoms with van der Waals surface area (Å²) in [5, 5.41) is 0. The van der Waals surface area contributed by atoms with Crippen LogP contribution < -0.4 is 4.90 Å². The van der Waals surface area contributed by atoms with Crippen molar-refractivity contribution in [1.82, 2.24) is 9.80 Å². The van der Waals surface area contributed by atoms with E-state index < -0.39 is 0 Å². The Hall–Kier alpha value is -2.37. The molecule has 2 aromatic carbocycles. The van der Waals surface area contributed by atoms with Crippen LogP contribution in [0.3, 0.4) is 0 Å². The second-order valence-corrected chi connectivity index (χ2v) is 11.8. The minimum absolute atomic E-state index is 0. The number of nitrogens with zero attached hydrogens (tertiary/aromatic N) is 3. The Morgan fingerprint density at radius 2 is 1.65 bits per heavy atom. The van der Waals surface area contributed by atoms with Crippen LogP contribution in [0.4, 0.5) is 5.69 Å². The zero-order chi connectivity index (χ0) is 25.7. The maximum atomic E-state index is 13.6. The van der Waals surface area contributed by atoms with E-state index in [-0.39, 0.29) is 35.6 Å². The first-order valence-electron chi connectivity index (χ1n) is 13.6. The van der Waals surface area contributed by atoms with Crippen molar-refractivity contribution in [3.63, 3.8) is 0 Å². The van der Waals surface area contributed by atoms with Gasteiger partial charge in [0.05, 0.1) is 5.92 Å². The van der Waals surface area contributed by atoms with Gasteiger partial charge in [-0.05, 0) is 79.9 Å². The van der Waals surface area contributed by atoms with Gasteiger partial charge in [-0.25, -0.2) is 0 Å². The van der Waals surface area contributed by atoms with Crippen molar-refractivity contribution in [2.75, 3.05) is 44.7 Å². The summed E-state index contributed by atoms with van der Waals surface area (Å²) in [5.41, 5.74) is 3.71. The van der Waals surface area contributed by atoms with Crippen LogP contribution in [0.2, 0.25) is 0 Å². The van der Waals surface area contributed by atoms with Gasteiger partial charge in [-0.3, -0.25) is 9.59 Å². The lowest BCUT2D eigenvalue weighted by molar-refractivity contribution is -0.127. The van der Waals surface area contributed by atoms with E-state index >= 15 is 0 Å². The molecule has 2 amide bonds. The number of hydrogen-bond donors (Lipinski definition) is 0. The van der Waals surface area contributed by atoms with Crippen LogP contribution in [-0.4, -0.2) is 61.4 Å². The Balaban J connectivity index is 0.00000380. The molecule has 6 heteroatoms. The third kappa shape index (κ3) is 7.81. The summed E-state index contributed by atoms with van der Waals surface area (Å²) in [7, 11) is 1.79. The normalized spacial score (nSPS) is 19.1. The second kappa shape index (κ2) is 12.9. The Labute approximate surface area is 229 Å². The number of likely N-dealkylation sites (tertiary alicyclic amines) is 2. The van der Waals surface area contributed by atoms with Crippen LogP contribution in [-0.2, 0) is 21.4 Å². The topological polar surface area (TPSA) is 43.9 Å². The van der Waals surface area contributed by atoms with Gasteiger partial charge in [0.25, 0.3) is 0 Å². The number of rotatable bonds is 8. The van der Waals surface area contributed by atoms with Gasteiger partial charge in [0.2, 0.25) is 11.8 Å². The van der Waals surface area contributed by atoms with E-state index in [9.17, 15) is 9.59 Å². The molecule has 2 aliphatic rings. The Morgan fingerprint density at radius 1 is 1.00 bits per heavy atom. The van der Waals surface area contributed by atoms with Crippen molar-refractivity contribution in [2.45, 2.75) is 58.3 Å². The molecule has 37 heavy (non-hydrogen) atoms. The van der Waals surface area contributed by atoms with Crippen LogP contribution in [0.15, 0.2) is 54.6 Å². The van der Waals surface area contributed by atoms with Crippen LogP contribution in [0.1, 0.15) is 57.6 Å². The van der Waals surface area contributed by atoms with Crippen LogP contribution in [0, 0.1) is 11.8 Å². The second-order valence-electron chi connectivity index (χ2n) is 11.8. The molecule has 2 aliphatic heterocycles. The van der Waals surface area contributed by atoms with Crippen LogP contribution in [0.5, 0.6) is 0 Å². The quantitative estimate of drug-likeness (QED) is 0.453. The molecule has 5 nitrogen and oxygen atoms in total. The average Bonchev–Trinajstić information content (AvgIpc) is 3.21. The Morgan fingerprint density at radius 3 is 2.22 bits per heavy atom. The summed E-state index contributed by atoms with van der Waals surface area (Å²) in [6.07, 6.45) is 4.91. The highest BCUT2D eigenvalue weighted by Crippen LogP contribution is 2.28. The molecule has 202 valence electrons. The van der Waals surface area contributed by atoms with Crippen molar-refractivity contribution >= 4 is 29.9 Å². The minimum Gasteiger partial charge on any atom is -0.345 e. The van der Waals surface area contributed by atoms with Gasteiger partial charge in [-0.2, -0.15) is 0 Å². The maximum absolute atomic E-state index is 13.6. The van der Waals surface area contributed by atoms with E-state index in [4.69, 9.17) is 0 Å². The number of halogens is 1. The summed E-state index contributed by atoms with van der Waals surface area (Å²) >= 11 is 0. The average molecular weight is 526 g/mol. The van der Waals surface area contributed by atoms with E-state index in [0.717, 1.165) is 37.7 Å².